The van der Waals surface area contributed by atoms with Crippen LogP contribution in [0.3, 0.4) is 0 Å². The van der Waals surface area contributed by atoms with E-state index >= 15 is 0 Å². The van der Waals surface area contributed by atoms with E-state index in [0.717, 1.165) is 12.0 Å². The van der Waals surface area contributed by atoms with E-state index in [9.17, 15) is 19.3 Å². The summed E-state index contributed by atoms with van der Waals surface area (Å²) in [6, 6.07) is 10.6. The second-order valence-corrected chi connectivity index (χ2v) is 5.83. The second-order valence-electron chi connectivity index (χ2n) is 5.83. The lowest BCUT2D eigenvalue weighted by Crippen LogP contribution is -2.23. The van der Waals surface area contributed by atoms with Crippen molar-refractivity contribution in [3.63, 3.8) is 0 Å². The Hall–Kier alpha value is -3.22. The van der Waals surface area contributed by atoms with Gasteiger partial charge in [-0.3, -0.25) is 14.9 Å². The monoisotopic (exact) mass is 372 g/mol. The Morgan fingerprint density at radius 3 is 2.67 bits per heavy atom. The summed E-state index contributed by atoms with van der Waals surface area (Å²) in [5.41, 5.74) is 1.31. The number of rotatable bonds is 9. The molecule has 0 aliphatic carbocycles. The molecule has 7 heteroatoms. The summed E-state index contributed by atoms with van der Waals surface area (Å²) in [7, 11) is 0. The lowest BCUT2D eigenvalue weighted by Gasteiger charge is -2.06. The van der Waals surface area contributed by atoms with Crippen molar-refractivity contribution in [3.8, 4) is 5.75 Å². The molecule has 0 saturated carbocycles. The molecule has 0 radical (unpaired) electrons. The Bertz CT molecular complexity index is 819. The van der Waals surface area contributed by atoms with Crippen molar-refractivity contribution >= 4 is 17.7 Å². The fourth-order valence-electron chi connectivity index (χ4n) is 2.33. The van der Waals surface area contributed by atoms with Gasteiger partial charge in [-0.05, 0) is 48.2 Å². The molecule has 2 aromatic rings. The first kappa shape index (κ1) is 20.1. The van der Waals surface area contributed by atoms with Gasteiger partial charge in [-0.25, -0.2) is 4.39 Å². The first-order valence-corrected chi connectivity index (χ1v) is 8.61. The number of nitrogens with one attached hydrogen (secondary N) is 1. The van der Waals surface area contributed by atoms with Crippen LogP contribution in [-0.2, 0) is 11.2 Å². The van der Waals surface area contributed by atoms with Gasteiger partial charge in [0.1, 0.15) is 5.82 Å². The molecule has 0 aromatic heterocycles. The van der Waals surface area contributed by atoms with Gasteiger partial charge < -0.3 is 10.1 Å². The summed E-state index contributed by atoms with van der Waals surface area (Å²) >= 11 is 0. The van der Waals surface area contributed by atoms with Crippen LogP contribution >= 0.6 is 0 Å². The number of ether oxygens (including phenoxy) is 1. The Morgan fingerprint density at radius 1 is 1.26 bits per heavy atom. The van der Waals surface area contributed by atoms with Gasteiger partial charge in [0.15, 0.2) is 5.75 Å². The first-order valence-electron chi connectivity index (χ1n) is 8.61. The Morgan fingerprint density at radius 2 is 2.00 bits per heavy atom. The SMILES string of the molecule is CCCOc1ccc(/C=C/C(=O)NCCc2ccc(F)cc2)cc1[N+](=O)[O-]. The largest absolute Gasteiger partial charge is 0.487 e. The lowest BCUT2D eigenvalue weighted by molar-refractivity contribution is -0.385. The minimum Gasteiger partial charge on any atom is -0.487 e. The van der Waals surface area contributed by atoms with Crippen molar-refractivity contribution in [1.82, 2.24) is 5.32 Å². The van der Waals surface area contributed by atoms with Gasteiger partial charge in [0.05, 0.1) is 11.5 Å². The van der Waals surface area contributed by atoms with E-state index in [2.05, 4.69) is 5.32 Å². The van der Waals surface area contributed by atoms with Gasteiger partial charge in [0.25, 0.3) is 0 Å². The third-order valence-electron chi connectivity index (χ3n) is 3.69. The fraction of sp³-hybridized carbons (Fsp3) is 0.250. The Labute approximate surface area is 156 Å². The highest BCUT2D eigenvalue weighted by molar-refractivity contribution is 5.91. The molecule has 0 heterocycles. The number of hydrogen-bond acceptors (Lipinski definition) is 4. The number of halogens is 1. The summed E-state index contributed by atoms with van der Waals surface area (Å²) in [4.78, 5) is 22.5. The third-order valence-corrected chi connectivity index (χ3v) is 3.69. The second kappa shape index (κ2) is 10.1. The van der Waals surface area contributed by atoms with Crippen LogP contribution in [0.1, 0.15) is 24.5 Å². The quantitative estimate of drug-likeness (QED) is 0.411. The third kappa shape index (κ3) is 6.54. The molecule has 2 rings (SSSR count). The van der Waals surface area contributed by atoms with Gasteiger partial charge >= 0.3 is 5.69 Å². The number of nitro benzene ring substituents is 1. The zero-order valence-corrected chi connectivity index (χ0v) is 15.0. The fourth-order valence-corrected chi connectivity index (χ4v) is 2.33. The average molecular weight is 372 g/mol. The molecule has 0 unspecified atom stereocenters. The number of hydrogen-bond donors (Lipinski definition) is 1. The van der Waals surface area contributed by atoms with Crippen molar-refractivity contribution in [2.45, 2.75) is 19.8 Å². The van der Waals surface area contributed by atoms with Crippen molar-refractivity contribution in [1.29, 1.82) is 0 Å². The van der Waals surface area contributed by atoms with E-state index in [1.165, 1.54) is 36.4 Å². The molecule has 0 spiro atoms. The van der Waals surface area contributed by atoms with E-state index in [-0.39, 0.29) is 23.2 Å². The molecule has 142 valence electrons. The van der Waals surface area contributed by atoms with Gasteiger partial charge in [-0.15, -0.1) is 0 Å². The van der Waals surface area contributed by atoms with Crippen molar-refractivity contribution in [2.75, 3.05) is 13.2 Å². The molecule has 0 atom stereocenters. The van der Waals surface area contributed by atoms with E-state index in [1.807, 2.05) is 6.92 Å². The van der Waals surface area contributed by atoms with Gasteiger partial charge in [0, 0.05) is 18.7 Å². The van der Waals surface area contributed by atoms with Gasteiger partial charge in [-0.1, -0.05) is 25.1 Å². The number of benzene rings is 2. The summed E-state index contributed by atoms with van der Waals surface area (Å²) in [6.45, 7) is 2.71. The molecule has 1 amide bonds. The minimum absolute atomic E-state index is 0.137. The maximum absolute atomic E-state index is 12.8. The maximum Gasteiger partial charge on any atom is 0.311 e. The van der Waals surface area contributed by atoms with Crippen LogP contribution in [0.25, 0.3) is 6.08 Å². The summed E-state index contributed by atoms with van der Waals surface area (Å²) < 4.78 is 18.2. The molecule has 0 aliphatic rings. The molecule has 2 aromatic carbocycles. The highest BCUT2D eigenvalue weighted by atomic mass is 19.1. The number of nitrogens with zero attached hydrogens (tertiary/aromatic N) is 1. The summed E-state index contributed by atoms with van der Waals surface area (Å²) in [6.07, 6.45) is 4.14. The lowest BCUT2D eigenvalue weighted by atomic mass is 10.1. The molecular formula is C20H21FN2O4. The number of amides is 1. The number of carbonyl (C=O) groups is 1. The topological polar surface area (TPSA) is 81.5 Å². The molecule has 1 N–H and O–H groups in total. The van der Waals surface area contributed by atoms with E-state index in [1.54, 1.807) is 18.2 Å². The van der Waals surface area contributed by atoms with Gasteiger partial charge in [0.2, 0.25) is 5.91 Å². The van der Waals surface area contributed by atoms with Crippen LogP contribution in [0.15, 0.2) is 48.5 Å². The van der Waals surface area contributed by atoms with E-state index in [0.29, 0.717) is 25.1 Å². The molecular weight excluding hydrogens is 351 g/mol. The van der Waals surface area contributed by atoms with Gasteiger partial charge in [-0.2, -0.15) is 0 Å². The highest BCUT2D eigenvalue weighted by Gasteiger charge is 2.15. The molecule has 0 bridgehead atoms. The first-order chi connectivity index (χ1) is 13.0. The normalized spacial score (nSPS) is 10.7. The smallest absolute Gasteiger partial charge is 0.311 e. The summed E-state index contributed by atoms with van der Waals surface area (Å²) in [5.74, 6) is -0.403. The molecule has 0 saturated heterocycles. The Kier molecular flexibility index (Phi) is 7.49. The average Bonchev–Trinajstić information content (AvgIpc) is 2.66. The van der Waals surface area contributed by atoms with Crippen LogP contribution < -0.4 is 10.1 Å². The standard InChI is InChI=1S/C20H21FN2O4/c1-2-13-27-19-9-5-16(14-18(19)23(25)26)6-10-20(24)22-12-11-15-3-7-17(21)8-4-15/h3-10,14H,2,11-13H2,1H3,(H,22,24)/b10-6+. The van der Waals surface area contributed by atoms with Crippen LogP contribution in [0.2, 0.25) is 0 Å². The van der Waals surface area contributed by atoms with E-state index < -0.39 is 4.92 Å². The summed E-state index contributed by atoms with van der Waals surface area (Å²) in [5, 5.41) is 13.9. The highest BCUT2D eigenvalue weighted by Crippen LogP contribution is 2.28. The van der Waals surface area contributed by atoms with Crippen molar-refractivity contribution in [3.05, 3.63) is 75.6 Å². The molecule has 27 heavy (non-hydrogen) atoms. The van der Waals surface area contributed by atoms with Crippen LogP contribution in [-0.4, -0.2) is 24.0 Å². The van der Waals surface area contributed by atoms with E-state index in [4.69, 9.17) is 4.74 Å². The zero-order valence-electron chi connectivity index (χ0n) is 15.0. The molecule has 0 aliphatic heterocycles. The Balaban J connectivity index is 1.91. The van der Waals surface area contributed by atoms with Crippen LogP contribution in [0.5, 0.6) is 5.75 Å². The number of carbonyl (C=O) groups excluding carboxylic acids is 1. The minimum atomic E-state index is -0.509. The zero-order chi connectivity index (χ0) is 19.6. The molecule has 6 nitrogen and oxygen atoms in total. The maximum atomic E-state index is 12.8. The van der Waals surface area contributed by atoms with Crippen molar-refractivity contribution in [2.24, 2.45) is 0 Å². The predicted molar refractivity (Wildman–Crippen MR) is 101 cm³/mol. The van der Waals surface area contributed by atoms with Crippen LogP contribution in [0, 0.1) is 15.9 Å². The number of nitro groups is 1. The van der Waals surface area contributed by atoms with Crippen molar-refractivity contribution < 1.29 is 18.8 Å². The molecule has 0 fully saturated rings. The predicted octanol–water partition coefficient (Wildman–Crippen LogP) is 3.89. The van der Waals surface area contributed by atoms with Crippen LogP contribution in [0.4, 0.5) is 10.1 Å².